The van der Waals surface area contributed by atoms with Crippen LogP contribution in [0.4, 0.5) is 0 Å². The Balaban J connectivity index is 2.23. The number of aromatic nitrogens is 3. The molecule has 0 unspecified atom stereocenters. The molecule has 0 fully saturated rings. The summed E-state index contributed by atoms with van der Waals surface area (Å²) in [4.78, 5) is 10.9. The summed E-state index contributed by atoms with van der Waals surface area (Å²) in [5.41, 5.74) is 0.552. The van der Waals surface area contributed by atoms with Gasteiger partial charge in [0.15, 0.2) is 0 Å². The van der Waals surface area contributed by atoms with E-state index in [1.54, 1.807) is 13.0 Å². The Bertz CT molecular complexity index is 703. The lowest BCUT2D eigenvalue weighted by Gasteiger charge is -2.03. The molecule has 0 amide bonds. The molecule has 0 spiro atoms. The van der Waals surface area contributed by atoms with Gasteiger partial charge in [0.2, 0.25) is 10.0 Å². The fourth-order valence-corrected chi connectivity index (χ4v) is 2.76. The molecule has 2 aromatic heterocycles. The highest BCUT2D eigenvalue weighted by Crippen LogP contribution is 2.15. The lowest BCUT2D eigenvalue weighted by molar-refractivity contribution is 0.0685. The van der Waals surface area contributed by atoms with Crippen molar-refractivity contribution in [2.75, 3.05) is 0 Å². The van der Waals surface area contributed by atoms with Crippen molar-refractivity contribution in [3.05, 3.63) is 35.9 Å². The quantitative estimate of drug-likeness (QED) is 0.714. The van der Waals surface area contributed by atoms with Gasteiger partial charge in [0, 0.05) is 18.9 Å². The van der Waals surface area contributed by atoms with Gasteiger partial charge in [-0.1, -0.05) is 0 Å². The number of hydrogen-bond donors (Lipinski definition) is 3. The topological polar surface area (TPSA) is 117 Å². The molecular formula is C11H14N4O4S. The van der Waals surface area contributed by atoms with Crippen molar-refractivity contribution in [3.63, 3.8) is 0 Å². The van der Waals surface area contributed by atoms with Crippen LogP contribution in [0, 0.1) is 0 Å². The molecule has 0 aromatic carbocycles. The van der Waals surface area contributed by atoms with E-state index in [4.69, 9.17) is 5.11 Å². The van der Waals surface area contributed by atoms with Gasteiger partial charge in [-0.2, -0.15) is 5.10 Å². The van der Waals surface area contributed by atoms with E-state index in [-0.39, 0.29) is 17.1 Å². The van der Waals surface area contributed by atoms with Crippen molar-refractivity contribution in [3.8, 4) is 0 Å². The molecule has 20 heavy (non-hydrogen) atoms. The first-order valence-corrected chi connectivity index (χ1v) is 7.33. The SMILES string of the molecule is CCn1cc(S(=O)(=O)NCc2ccn[nH]2)cc1C(=O)O. The summed E-state index contributed by atoms with van der Waals surface area (Å²) in [6, 6.07) is 2.78. The van der Waals surface area contributed by atoms with Crippen LogP contribution < -0.4 is 4.72 Å². The Morgan fingerprint density at radius 3 is 2.80 bits per heavy atom. The fourth-order valence-electron chi connectivity index (χ4n) is 1.71. The highest BCUT2D eigenvalue weighted by Gasteiger charge is 2.20. The predicted molar refractivity (Wildman–Crippen MR) is 69.7 cm³/mol. The molecule has 108 valence electrons. The molecule has 0 aliphatic rings. The Labute approximate surface area is 115 Å². The summed E-state index contributed by atoms with van der Waals surface area (Å²) < 4.78 is 27.9. The zero-order valence-corrected chi connectivity index (χ0v) is 11.5. The Morgan fingerprint density at radius 2 is 2.30 bits per heavy atom. The second-order valence-corrected chi connectivity index (χ2v) is 5.83. The molecule has 0 atom stereocenters. The Morgan fingerprint density at radius 1 is 1.55 bits per heavy atom. The van der Waals surface area contributed by atoms with Crippen LogP contribution in [-0.2, 0) is 23.1 Å². The number of sulfonamides is 1. The van der Waals surface area contributed by atoms with Gasteiger partial charge < -0.3 is 9.67 Å². The van der Waals surface area contributed by atoms with Crippen molar-refractivity contribution in [1.29, 1.82) is 0 Å². The number of H-pyrrole nitrogens is 1. The van der Waals surface area contributed by atoms with Crippen molar-refractivity contribution in [2.45, 2.75) is 24.9 Å². The van der Waals surface area contributed by atoms with Crippen LogP contribution in [0.3, 0.4) is 0 Å². The molecule has 0 aliphatic carbocycles. The van der Waals surface area contributed by atoms with E-state index in [9.17, 15) is 13.2 Å². The normalized spacial score (nSPS) is 11.7. The van der Waals surface area contributed by atoms with Gasteiger partial charge in [0.25, 0.3) is 0 Å². The van der Waals surface area contributed by atoms with E-state index >= 15 is 0 Å². The van der Waals surface area contributed by atoms with Crippen LogP contribution in [0.5, 0.6) is 0 Å². The minimum absolute atomic E-state index is 0.0576. The lowest BCUT2D eigenvalue weighted by atomic mass is 10.4. The molecule has 0 saturated carbocycles. The summed E-state index contributed by atoms with van der Waals surface area (Å²) in [5.74, 6) is -1.16. The minimum atomic E-state index is -3.76. The summed E-state index contributed by atoms with van der Waals surface area (Å²) in [6.07, 6.45) is 2.82. The molecule has 2 aromatic rings. The fraction of sp³-hybridized carbons (Fsp3) is 0.273. The van der Waals surface area contributed by atoms with E-state index in [1.165, 1.54) is 17.0 Å². The zero-order valence-electron chi connectivity index (χ0n) is 10.7. The van der Waals surface area contributed by atoms with E-state index in [0.717, 1.165) is 6.07 Å². The van der Waals surface area contributed by atoms with Crippen LogP contribution in [0.25, 0.3) is 0 Å². The zero-order chi connectivity index (χ0) is 14.8. The van der Waals surface area contributed by atoms with Crippen LogP contribution in [0.2, 0.25) is 0 Å². The second kappa shape index (κ2) is 5.47. The molecule has 8 nitrogen and oxygen atoms in total. The largest absolute Gasteiger partial charge is 0.477 e. The molecule has 9 heteroatoms. The Hall–Kier alpha value is -2.13. The maximum absolute atomic E-state index is 12.1. The standard InChI is InChI=1S/C11H14N4O4S/c1-2-15-7-9(5-10(15)11(16)17)20(18,19)13-6-8-3-4-12-14-8/h3-5,7,13H,2,6H2,1H3,(H,12,14)(H,16,17). The average Bonchev–Trinajstić information content (AvgIpc) is 3.05. The molecule has 0 aliphatic heterocycles. The third-order valence-electron chi connectivity index (χ3n) is 2.75. The van der Waals surface area contributed by atoms with Crippen molar-refractivity contribution in [1.82, 2.24) is 19.5 Å². The monoisotopic (exact) mass is 298 g/mol. The average molecular weight is 298 g/mol. The number of aromatic amines is 1. The first-order chi connectivity index (χ1) is 9.44. The van der Waals surface area contributed by atoms with Crippen LogP contribution in [0.1, 0.15) is 23.1 Å². The highest BCUT2D eigenvalue weighted by molar-refractivity contribution is 7.89. The summed E-state index contributed by atoms with van der Waals surface area (Å²) in [5, 5.41) is 15.3. The second-order valence-electron chi connectivity index (χ2n) is 4.06. The number of carboxylic acid groups (broad SMARTS) is 1. The van der Waals surface area contributed by atoms with Crippen molar-refractivity contribution >= 4 is 16.0 Å². The van der Waals surface area contributed by atoms with Crippen LogP contribution >= 0.6 is 0 Å². The minimum Gasteiger partial charge on any atom is -0.477 e. The van der Waals surface area contributed by atoms with Gasteiger partial charge in [0.05, 0.1) is 12.2 Å². The molecule has 0 bridgehead atoms. The van der Waals surface area contributed by atoms with E-state index in [1.807, 2.05) is 0 Å². The molecule has 0 radical (unpaired) electrons. The lowest BCUT2D eigenvalue weighted by Crippen LogP contribution is -2.23. The third kappa shape index (κ3) is 2.89. The number of rotatable bonds is 6. The Kier molecular flexibility index (Phi) is 3.91. The number of hydrogen-bond acceptors (Lipinski definition) is 4. The van der Waals surface area contributed by atoms with E-state index in [0.29, 0.717) is 12.2 Å². The first-order valence-electron chi connectivity index (χ1n) is 5.85. The smallest absolute Gasteiger partial charge is 0.352 e. The van der Waals surface area contributed by atoms with E-state index in [2.05, 4.69) is 14.9 Å². The summed E-state index contributed by atoms with van der Waals surface area (Å²) in [7, 11) is -3.76. The molecule has 2 heterocycles. The van der Waals surface area contributed by atoms with Crippen LogP contribution in [-0.4, -0.2) is 34.3 Å². The number of nitrogens with one attached hydrogen (secondary N) is 2. The van der Waals surface area contributed by atoms with Gasteiger partial charge in [-0.15, -0.1) is 0 Å². The molecule has 3 N–H and O–H groups in total. The maximum atomic E-state index is 12.1. The van der Waals surface area contributed by atoms with Gasteiger partial charge in [-0.05, 0) is 19.1 Å². The number of aromatic carboxylic acids is 1. The third-order valence-corrected chi connectivity index (χ3v) is 4.12. The van der Waals surface area contributed by atoms with Gasteiger partial charge in [-0.3, -0.25) is 5.10 Å². The summed E-state index contributed by atoms with van der Waals surface area (Å²) >= 11 is 0. The number of nitrogens with zero attached hydrogens (tertiary/aromatic N) is 2. The van der Waals surface area contributed by atoms with Crippen LogP contribution in [0.15, 0.2) is 29.4 Å². The molecular weight excluding hydrogens is 284 g/mol. The maximum Gasteiger partial charge on any atom is 0.352 e. The number of carbonyl (C=O) groups is 1. The summed E-state index contributed by atoms with van der Waals surface area (Å²) in [6.45, 7) is 2.17. The highest BCUT2D eigenvalue weighted by atomic mass is 32.2. The van der Waals surface area contributed by atoms with Crippen molar-refractivity contribution < 1.29 is 18.3 Å². The predicted octanol–water partition coefficient (Wildman–Crippen LogP) is 0.408. The molecule has 2 rings (SSSR count). The van der Waals surface area contributed by atoms with Gasteiger partial charge >= 0.3 is 5.97 Å². The van der Waals surface area contributed by atoms with Gasteiger partial charge in [0.1, 0.15) is 10.6 Å². The van der Waals surface area contributed by atoms with Crippen molar-refractivity contribution in [2.24, 2.45) is 0 Å². The van der Waals surface area contributed by atoms with E-state index < -0.39 is 16.0 Å². The number of carboxylic acids is 1. The van der Waals surface area contributed by atoms with Gasteiger partial charge in [-0.25, -0.2) is 17.9 Å². The number of aryl methyl sites for hydroxylation is 1. The molecule has 0 saturated heterocycles. The first kappa shape index (κ1) is 14.3.